The molecule has 0 spiro atoms. The van der Waals surface area contributed by atoms with Crippen molar-refractivity contribution in [2.75, 3.05) is 26.7 Å². The second kappa shape index (κ2) is 7.82. The van der Waals surface area contributed by atoms with Crippen molar-refractivity contribution >= 4 is 21.6 Å². The van der Waals surface area contributed by atoms with Crippen LogP contribution in [0.15, 0.2) is 34.4 Å². The molecule has 0 atom stereocenters. The van der Waals surface area contributed by atoms with Crippen LogP contribution < -0.4 is 10.3 Å². The summed E-state index contributed by atoms with van der Waals surface area (Å²) in [6, 6.07) is 7.85. The van der Waals surface area contributed by atoms with Gasteiger partial charge in [0.1, 0.15) is 16.4 Å². The van der Waals surface area contributed by atoms with Gasteiger partial charge in [0.05, 0.1) is 12.5 Å². The van der Waals surface area contributed by atoms with E-state index in [9.17, 15) is 4.79 Å². The number of hydrogen-bond acceptors (Lipinski definition) is 5. The number of thiophene rings is 1. The predicted octanol–water partition coefficient (Wildman–Crippen LogP) is 3.93. The summed E-state index contributed by atoms with van der Waals surface area (Å²) in [5, 5.41) is 2.77. The van der Waals surface area contributed by atoms with Crippen LogP contribution in [0.25, 0.3) is 21.3 Å². The smallest absolute Gasteiger partial charge is 0.262 e. The van der Waals surface area contributed by atoms with Crippen molar-refractivity contribution < 1.29 is 4.74 Å². The maximum Gasteiger partial charge on any atom is 0.262 e. The van der Waals surface area contributed by atoms with Crippen molar-refractivity contribution in [3.8, 4) is 16.9 Å². The van der Waals surface area contributed by atoms with Gasteiger partial charge in [-0.1, -0.05) is 18.6 Å². The molecule has 6 heteroatoms. The number of benzene rings is 1. The number of aromatic nitrogens is 2. The van der Waals surface area contributed by atoms with E-state index in [1.807, 2.05) is 41.1 Å². The van der Waals surface area contributed by atoms with Crippen LogP contribution in [0.1, 0.15) is 25.1 Å². The summed E-state index contributed by atoms with van der Waals surface area (Å²) in [7, 11) is 1.66. The van der Waals surface area contributed by atoms with Gasteiger partial charge >= 0.3 is 0 Å². The number of ether oxygens (including phenoxy) is 1. The molecule has 1 fully saturated rings. The van der Waals surface area contributed by atoms with Crippen LogP contribution in [0.4, 0.5) is 0 Å². The summed E-state index contributed by atoms with van der Waals surface area (Å²) in [6.45, 7) is 5.82. The van der Waals surface area contributed by atoms with Gasteiger partial charge in [-0.05, 0) is 50.6 Å². The molecule has 0 bridgehead atoms. The minimum atomic E-state index is 0.0709. The largest absolute Gasteiger partial charge is 0.497 e. The van der Waals surface area contributed by atoms with Crippen LogP contribution in [0, 0.1) is 6.92 Å². The summed E-state index contributed by atoms with van der Waals surface area (Å²) in [4.78, 5) is 21.3. The third-order valence-electron chi connectivity index (χ3n) is 5.37. The van der Waals surface area contributed by atoms with Crippen LogP contribution in [-0.2, 0) is 6.54 Å². The Morgan fingerprint density at radius 3 is 2.56 bits per heavy atom. The Morgan fingerprint density at radius 1 is 1.11 bits per heavy atom. The van der Waals surface area contributed by atoms with Crippen molar-refractivity contribution in [3.63, 3.8) is 0 Å². The van der Waals surface area contributed by atoms with Crippen LogP contribution in [0.2, 0.25) is 0 Å². The van der Waals surface area contributed by atoms with Gasteiger partial charge in [0.25, 0.3) is 5.56 Å². The van der Waals surface area contributed by atoms with E-state index in [4.69, 9.17) is 9.72 Å². The van der Waals surface area contributed by atoms with E-state index in [-0.39, 0.29) is 5.56 Å². The summed E-state index contributed by atoms with van der Waals surface area (Å²) < 4.78 is 7.09. The maximum atomic E-state index is 13.3. The first kappa shape index (κ1) is 18.2. The molecule has 0 unspecified atom stereocenters. The zero-order chi connectivity index (χ0) is 18.8. The Labute approximate surface area is 163 Å². The fourth-order valence-electron chi connectivity index (χ4n) is 3.80. The van der Waals surface area contributed by atoms with E-state index in [1.165, 1.54) is 30.6 Å². The van der Waals surface area contributed by atoms with E-state index < -0.39 is 0 Å². The van der Waals surface area contributed by atoms with Gasteiger partial charge in [0, 0.05) is 24.0 Å². The Balaban J connectivity index is 1.69. The zero-order valence-corrected chi connectivity index (χ0v) is 16.7. The van der Waals surface area contributed by atoms with Gasteiger partial charge in [-0.2, -0.15) is 0 Å². The molecule has 1 aliphatic rings. The van der Waals surface area contributed by atoms with Crippen LogP contribution in [0.3, 0.4) is 0 Å². The number of aryl methyl sites for hydroxylation is 1. The highest BCUT2D eigenvalue weighted by Crippen LogP contribution is 2.32. The van der Waals surface area contributed by atoms with Gasteiger partial charge < -0.3 is 9.64 Å². The third-order valence-corrected chi connectivity index (χ3v) is 6.25. The summed E-state index contributed by atoms with van der Waals surface area (Å²) in [6.07, 6.45) is 3.84. The molecule has 5 nitrogen and oxygen atoms in total. The minimum Gasteiger partial charge on any atom is -0.497 e. The number of nitrogens with zero attached hydrogens (tertiary/aromatic N) is 3. The lowest BCUT2D eigenvalue weighted by atomic mass is 10.1. The van der Waals surface area contributed by atoms with Gasteiger partial charge in [0.15, 0.2) is 0 Å². The van der Waals surface area contributed by atoms with Gasteiger partial charge in [-0.15, -0.1) is 11.3 Å². The molecular formula is C21H25N3O2S. The molecule has 27 heavy (non-hydrogen) atoms. The van der Waals surface area contributed by atoms with Crippen LogP contribution in [0.5, 0.6) is 5.75 Å². The van der Waals surface area contributed by atoms with Gasteiger partial charge in [-0.25, -0.2) is 4.98 Å². The Kier molecular flexibility index (Phi) is 5.27. The Bertz CT molecular complexity index is 985. The number of piperidine rings is 1. The van der Waals surface area contributed by atoms with E-state index in [0.29, 0.717) is 6.54 Å². The topological polar surface area (TPSA) is 47.4 Å². The number of hydrogen-bond donors (Lipinski definition) is 0. The lowest BCUT2D eigenvalue weighted by Crippen LogP contribution is -2.35. The maximum absolute atomic E-state index is 13.3. The fourth-order valence-corrected chi connectivity index (χ4v) is 4.78. The van der Waals surface area contributed by atoms with Crippen molar-refractivity contribution in [3.05, 3.63) is 45.8 Å². The molecule has 0 N–H and O–H groups in total. The Morgan fingerprint density at radius 2 is 1.85 bits per heavy atom. The second-order valence-electron chi connectivity index (χ2n) is 7.08. The summed E-state index contributed by atoms with van der Waals surface area (Å²) in [5.74, 6) is 1.61. The molecular weight excluding hydrogens is 358 g/mol. The van der Waals surface area contributed by atoms with E-state index in [0.717, 1.165) is 52.6 Å². The SMILES string of the molecule is COc1ccc(-c2csc3nc(C)n(CCN4CCCCC4)c(=O)c23)cc1. The fraction of sp³-hybridized carbons (Fsp3) is 0.429. The highest BCUT2D eigenvalue weighted by Gasteiger charge is 2.17. The van der Waals surface area contributed by atoms with E-state index >= 15 is 0 Å². The first-order valence-corrected chi connectivity index (χ1v) is 10.4. The average molecular weight is 384 g/mol. The van der Waals surface area contributed by atoms with Crippen LogP contribution in [-0.4, -0.2) is 41.2 Å². The lowest BCUT2D eigenvalue weighted by molar-refractivity contribution is 0.219. The second-order valence-corrected chi connectivity index (χ2v) is 7.93. The van der Waals surface area contributed by atoms with Crippen molar-refractivity contribution in [2.45, 2.75) is 32.7 Å². The van der Waals surface area contributed by atoms with Crippen molar-refractivity contribution in [1.82, 2.24) is 14.5 Å². The van der Waals surface area contributed by atoms with E-state index in [2.05, 4.69) is 4.90 Å². The molecule has 1 saturated heterocycles. The average Bonchev–Trinajstić information content (AvgIpc) is 3.12. The standard InChI is InChI=1S/C21H25N3O2S/c1-15-22-20-19(18(14-27-20)16-6-8-17(26-2)9-7-16)21(25)24(15)13-12-23-10-4-3-5-11-23/h6-9,14H,3-5,10-13H2,1-2H3. The zero-order valence-electron chi connectivity index (χ0n) is 15.9. The molecule has 0 aliphatic carbocycles. The number of likely N-dealkylation sites (tertiary alicyclic amines) is 1. The van der Waals surface area contributed by atoms with Crippen molar-refractivity contribution in [2.24, 2.45) is 0 Å². The van der Waals surface area contributed by atoms with Gasteiger partial charge in [0.2, 0.25) is 0 Å². The molecule has 0 saturated carbocycles. The number of methoxy groups -OCH3 is 1. The van der Waals surface area contributed by atoms with E-state index in [1.54, 1.807) is 7.11 Å². The summed E-state index contributed by atoms with van der Waals surface area (Å²) >= 11 is 1.54. The quantitative estimate of drug-likeness (QED) is 0.670. The van der Waals surface area contributed by atoms with Crippen LogP contribution >= 0.6 is 11.3 Å². The van der Waals surface area contributed by atoms with Crippen molar-refractivity contribution in [1.29, 1.82) is 0 Å². The molecule has 1 aliphatic heterocycles. The molecule has 4 rings (SSSR count). The first-order valence-electron chi connectivity index (χ1n) is 9.53. The molecule has 2 aromatic heterocycles. The third kappa shape index (κ3) is 3.64. The molecule has 0 amide bonds. The van der Waals surface area contributed by atoms with Gasteiger partial charge in [-0.3, -0.25) is 9.36 Å². The molecule has 3 aromatic rings. The molecule has 3 heterocycles. The summed E-state index contributed by atoms with van der Waals surface area (Å²) in [5.41, 5.74) is 2.05. The monoisotopic (exact) mass is 383 g/mol. The molecule has 1 aromatic carbocycles. The number of fused-ring (bicyclic) bond motifs is 1. The lowest BCUT2D eigenvalue weighted by Gasteiger charge is -2.26. The normalized spacial score (nSPS) is 15.3. The Hall–Kier alpha value is -2.18. The molecule has 142 valence electrons. The highest BCUT2D eigenvalue weighted by molar-refractivity contribution is 7.17. The number of rotatable bonds is 5. The highest BCUT2D eigenvalue weighted by atomic mass is 32.1. The molecule has 0 radical (unpaired) electrons. The predicted molar refractivity (Wildman–Crippen MR) is 111 cm³/mol. The minimum absolute atomic E-state index is 0.0709. The first-order chi connectivity index (χ1) is 13.2.